The first-order valence-electron chi connectivity index (χ1n) is 8.93. The predicted octanol–water partition coefficient (Wildman–Crippen LogP) is 1.68. The maximum Gasteiger partial charge on any atom is 0.260 e. The van der Waals surface area contributed by atoms with Crippen molar-refractivity contribution in [3.8, 4) is 5.75 Å². The van der Waals surface area contributed by atoms with Gasteiger partial charge in [-0.05, 0) is 49.9 Å². The fourth-order valence-electron chi connectivity index (χ4n) is 2.49. The van der Waals surface area contributed by atoms with E-state index in [9.17, 15) is 13.2 Å². The Morgan fingerprint density at radius 1 is 1.27 bits per heavy atom. The second-order valence-electron chi connectivity index (χ2n) is 6.86. The van der Waals surface area contributed by atoms with Gasteiger partial charge in [0, 0.05) is 19.7 Å². The Morgan fingerprint density at radius 3 is 2.54 bits per heavy atom. The smallest absolute Gasteiger partial charge is 0.260 e. The van der Waals surface area contributed by atoms with Gasteiger partial charge in [-0.15, -0.1) is 0 Å². The fourth-order valence-corrected chi connectivity index (χ4v) is 3.56. The summed E-state index contributed by atoms with van der Waals surface area (Å²) in [5.41, 5.74) is 0. The van der Waals surface area contributed by atoms with Gasteiger partial charge in [-0.3, -0.25) is 4.79 Å². The molecule has 2 rings (SSSR count). The molecule has 1 aromatic rings. The summed E-state index contributed by atoms with van der Waals surface area (Å²) in [4.78, 5) is 12.1. The van der Waals surface area contributed by atoms with Crippen LogP contribution >= 0.6 is 0 Å². The maximum atomic E-state index is 12.3. The first kappa shape index (κ1) is 20.7. The van der Waals surface area contributed by atoms with E-state index in [0.29, 0.717) is 24.8 Å². The van der Waals surface area contributed by atoms with Crippen LogP contribution in [0.3, 0.4) is 0 Å². The van der Waals surface area contributed by atoms with Crippen molar-refractivity contribution in [3.05, 3.63) is 24.3 Å². The number of carbonyl (C=O) groups is 1. The number of benzene rings is 1. The molecule has 1 aliphatic rings. The number of sulfonamides is 1. The standard InChI is InChI=1S/C18H28N2O5S/c1-13(2)11-19-18(21)14(3)25-15-6-8-17(9-7-15)26(22,23)20-12-16-5-4-10-24-16/h6-9,13-14,16,20H,4-5,10-12H2,1-3H3,(H,19,21)/t14-,16+/m0/s1. The van der Waals surface area contributed by atoms with Crippen LogP contribution in [0.1, 0.15) is 33.6 Å². The van der Waals surface area contributed by atoms with Crippen molar-refractivity contribution in [2.75, 3.05) is 19.7 Å². The minimum absolute atomic E-state index is 0.0578. The van der Waals surface area contributed by atoms with Crippen LogP contribution in [-0.4, -0.2) is 46.2 Å². The van der Waals surface area contributed by atoms with Crippen molar-refractivity contribution in [2.45, 2.75) is 50.7 Å². The maximum absolute atomic E-state index is 12.3. The van der Waals surface area contributed by atoms with Gasteiger partial charge in [0.25, 0.3) is 5.91 Å². The van der Waals surface area contributed by atoms with E-state index in [-0.39, 0.29) is 23.5 Å². The Labute approximate surface area is 155 Å². The molecular formula is C18H28N2O5S. The van der Waals surface area contributed by atoms with Crippen LogP contribution in [0, 0.1) is 5.92 Å². The van der Waals surface area contributed by atoms with Crippen LogP contribution in [0.2, 0.25) is 0 Å². The summed E-state index contributed by atoms with van der Waals surface area (Å²) >= 11 is 0. The second kappa shape index (κ2) is 9.34. The van der Waals surface area contributed by atoms with Gasteiger partial charge in [0.2, 0.25) is 10.0 Å². The largest absolute Gasteiger partial charge is 0.481 e. The van der Waals surface area contributed by atoms with Gasteiger partial charge in [-0.25, -0.2) is 13.1 Å². The lowest BCUT2D eigenvalue weighted by Gasteiger charge is -2.16. The zero-order valence-electron chi connectivity index (χ0n) is 15.5. The highest BCUT2D eigenvalue weighted by Crippen LogP contribution is 2.18. The number of amides is 1. The number of carbonyl (C=O) groups excluding carboxylic acids is 1. The van der Waals surface area contributed by atoms with Crippen molar-refractivity contribution in [1.29, 1.82) is 0 Å². The van der Waals surface area contributed by atoms with E-state index in [0.717, 1.165) is 12.8 Å². The Balaban J connectivity index is 1.89. The molecule has 1 saturated heterocycles. The highest BCUT2D eigenvalue weighted by atomic mass is 32.2. The molecule has 0 aliphatic carbocycles. The Hall–Kier alpha value is -1.64. The lowest BCUT2D eigenvalue weighted by molar-refractivity contribution is -0.127. The molecule has 1 amide bonds. The van der Waals surface area contributed by atoms with Gasteiger partial charge in [-0.1, -0.05) is 13.8 Å². The number of hydrogen-bond acceptors (Lipinski definition) is 5. The van der Waals surface area contributed by atoms with Gasteiger partial charge in [0.1, 0.15) is 5.75 Å². The monoisotopic (exact) mass is 384 g/mol. The van der Waals surface area contributed by atoms with E-state index >= 15 is 0 Å². The van der Waals surface area contributed by atoms with E-state index < -0.39 is 16.1 Å². The third-order valence-corrected chi connectivity index (χ3v) is 5.47. The average molecular weight is 384 g/mol. The van der Waals surface area contributed by atoms with Crippen LogP contribution in [-0.2, 0) is 19.6 Å². The highest BCUT2D eigenvalue weighted by molar-refractivity contribution is 7.89. The van der Waals surface area contributed by atoms with E-state index in [1.54, 1.807) is 19.1 Å². The van der Waals surface area contributed by atoms with Crippen LogP contribution in [0.4, 0.5) is 0 Å². The molecule has 1 aliphatic heterocycles. The van der Waals surface area contributed by atoms with Gasteiger partial charge < -0.3 is 14.8 Å². The van der Waals surface area contributed by atoms with Crippen molar-refractivity contribution in [1.82, 2.24) is 10.0 Å². The first-order valence-corrected chi connectivity index (χ1v) is 10.4. The average Bonchev–Trinajstić information content (AvgIpc) is 3.12. The van der Waals surface area contributed by atoms with Crippen LogP contribution in [0.25, 0.3) is 0 Å². The van der Waals surface area contributed by atoms with Gasteiger partial charge >= 0.3 is 0 Å². The number of hydrogen-bond donors (Lipinski definition) is 2. The van der Waals surface area contributed by atoms with E-state index in [1.807, 2.05) is 13.8 Å². The lowest BCUT2D eigenvalue weighted by atomic mass is 10.2. The minimum Gasteiger partial charge on any atom is -0.481 e. The third-order valence-electron chi connectivity index (χ3n) is 4.03. The summed E-state index contributed by atoms with van der Waals surface area (Å²) in [6, 6.07) is 6.03. The zero-order valence-corrected chi connectivity index (χ0v) is 16.3. The lowest BCUT2D eigenvalue weighted by Crippen LogP contribution is -2.38. The third kappa shape index (κ3) is 6.26. The Morgan fingerprint density at radius 2 is 1.96 bits per heavy atom. The summed E-state index contributed by atoms with van der Waals surface area (Å²) in [5, 5.41) is 2.80. The molecule has 1 aromatic carbocycles. The number of rotatable bonds is 9. The summed E-state index contributed by atoms with van der Waals surface area (Å²) in [6.45, 7) is 7.22. The molecule has 2 atom stereocenters. The molecule has 0 saturated carbocycles. The van der Waals surface area contributed by atoms with E-state index in [2.05, 4.69) is 10.0 Å². The van der Waals surface area contributed by atoms with Gasteiger partial charge in [0.15, 0.2) is 6.10 Å². The fraction of sp³-hybridized carbons (Fsp3) is 0.611. The predicted molar refractivity (Wildman–Crippen MR) is 98.5 cm³/mol. The van der Waals surface area contributed by atoms with Crippen molar-refractivity contribution in [3.63, 3.8) is 0 Å². The first-order chi connectivity index (χ1) is 12.3. The SMILES string of the molecule is CC(C)CNC(=O)[C@H](C)Oc1ccc(S(=O)(=O)NC[C@H]2CCCO2)cc1. The summed E-state index contributed by atoms with van der Waals surface area (Å²) in [5.74, 6) is 0.599. The molecule has 7 nitrogen and oxygen atoms in total. The molecule has 146 valence electrons. The molecule has 0 aromatic heterocycles. The van der Waals surface area contributed by atoms with Crippen LogP contribution < -0.4 is 14.8 Å². The zero-order chi connectivity index (χ0) is 19.2. The molecule has 0 spiro atoms. The summed E-state index contributed by atoms with van der Waals surface area (Å²) in [6.07, 6.45) is 1.11. The normalized spacial score (nSPS) is 18.7. The van der Waals surface area contributed by atoms with Crippen LogP contribution in [0.15, 0.2) is 29.2 Å². The topological polar surface area (TPSA) is 93.7 Å². The molecule has 0 unspecified atom stereocenters. The Bertz CT molecular complexity index is 682. The number of ether oxygens (including phenoxy) is 2. The highest BCUT2D eigenvalue weighted by Gasteiger charge is 2.20. The molecule has 1 heterocycles. The van der Waals surface area contributed by atoms with Crippen molar-refractivity contribution in [2.24, 2.45) is 5.92 Å². The van der Waals surface area contributed by atoms with Gasteiger partial charge in [0.05, 0.1) is 11.0 Å². The minimum atomic E-state index is -3.59. The molecule has 26 heavy (non-hydrogen) atoms. The van der Waals surface area contributed by atoms with Crippen LogP contribution in [0.5, 0.6) is 5.75 Å². The molecule has 2 N–H and O–H groups in total. The van der Waals surface area contributed by atoms with Crippen molar-refractivity contribution >= 4 is 15.9 Å². The van der Waals surface area contributed by atoms with Gasteiger partial charge in [-0.2, -0.15) is 0 Å². The summed E-state index contributed by atoms with van der Waals surface area (Å²) < 4.78 is 38.2. The van der Waals surface area contributed by atoms with E-state index in [1.165, 1.54) is 12.1 Å². The molecule has 0 radical (unpaired) electrons. The van der Waals surface area contributed by atoms with E-state index in [4.69, 9.17) is 9.47 Å². The molecule has 0 bridgehead atoms. The number of nitrogens with one attached hydrogen (secondary N) is 2. The molecular weight excluding hydrogens is 356 g/mol. The molecule has 1 fully saturated rings. The summed E-state index contributed by atoms with van der Waals surface area (Å²) in [7, 11) is -3.59. The quantitative estimate of drug-likeness (QED) is 0.676. The Kier molecular flexibility index (Phi) is 7.43. The van der Waals surface area contributed by atoms with Crippen molar-refractivity contribution < 1.29 is 22.7 Å². The molecule has 8 heteroatoms. The second-order valence-corrected chi connectivity index (χ2v) is 8.62.